The standard InChI is InChI=1S/C16H13Br2ClO/c1-9-2-3-14(17)12(6-9)15(18)13-8-11(19)7-10-4-5-20-16(10)13/h2-3,6-8,15H,4-5H2,1H3. The molecule has 2 aromatic carbocycles. The fourth-order valence-corrected chi connectivity index (χ4v) is 4.26. The first-order valence-corrected chi connectivity index (χ1v) is 8.50. The normalized spacial score (nSPS) is 14.8. The Morgan fingerprint density at radius 3 is 2.80 bits per heavy atom. The fraction of sp³-hybridized carbons (Fsp3) is 0.250. The Hall–Kier alpha value is -0.510. The van der Waals surface area contributed by atoms with E-state index in [9.17, 15) is 0 Å². The van der Waals surface area contributed by atoms with Gasteiger partial charge in [-0.15, -0.1) is 0 Å². The van der Waals surface area contributed by atoms with Gasteiger partial charge in [-0.05, 0) is 36.2 Å². The first-order valence-electron chi connectivity index (χ1n) is 6.41. The van der Waals surface area contributed by atoms with Gasteiger partial charge in [-0.3, -0.25) is 0 Å². The fourth-order valence-electron chi connectivity index (χ4n) is 2.51. The number of hydrogen-bond donors (Lipinski definition) is 0. The smallest absolute Gasteiger partial charge is 0.127 e. The highest BCUT2D eigenvalue weighted by molar-refractivity contribution is 9.11. The summed E-state index contributed by atoms with van der Waals surface area (Å²) in [5.74, 6) is 0.977. The van der Waals surface area contributed by atoms with Crippen LogP contribution in [-0.4, -0.2) is 6.61 Å². The molecule has 1 aliphatic heterocycles. The van der Waals surface area contributed by atoms with Crippen LogP contribution in [0, 0.1) is 6.92 Å². The lowest BCUT2D eigenvalue weighted by Crippen LogP contribution is -1.98. The Morgan fingerprint density at radius 1 is 1.20 bits per heavy atom. The van der Waals surface area contributed by atoms with Gasteiger partial charge in [0.15, 0.2) is 0 Å². The van der Waals surface area contributed by atoms with Crippen LogP contribution >= 0.6 is 43.5 Å². The van der Waals surface area contributed by atoms with Gasteiger partial charge in [0.25, 0.3) is 0 Å². The van der Waals surface area contributed by atoms with E-state index in [1.807, 2.05) is 12.1 Å². The molecule has 1 heterocycles. The van der Waals surface area contributed by atoms with Crippen LogP contribution in [0.4, 0.5) is 0 Å². The average Bonchev–Trinajstić information content (AvgIpc) is 2.87. The molecule has 20 heavy (non-hydrogen) atoms. The van der Waals surface area contributed by atoms with Gasteiger partial charge in [-0.25, -0.2) is 0 Å². The Kier molecular flexibility index (Phi) is 4.11. The minimum absolute atomic E-state index is 0.0577. The third kappa shape index (κ3) is 2.63. The van der Waals surface area contributed by atoms with Crippen molar-refractivity contribution >= 4 is 43.5 Å². The van der Waals surface area contributed by atoms with E-state index in [0.717, 1.165) is 33.8 Å². The molecule has 0 amide bonds. The lowest BCUT2D eigenvalue weighted by Gasteiger charge is -2.17. The first-order chi connectivity index (χ1) is 9.56. The van der Waals surface area contributed by atoms with E-state index in [2.05, 4.69) is 57.0 Å². The molecule has 0 spiro atoms. The van der Waals surface area contributed by atoms with Crippen LogP contribution in [0.5, 0.6) is 5.75 Å². The molecule has 1 unspecified atom stereocenters. The lowest BCUT2D eigenvalue weighted by molar-refractivity contribution is 0.354. The molecule has 0 N–H and O–H groups in total. The van der Waals surface area contributed by atoms with Crippen molar-refractivity contribution in [3.05, 3.63) is 62.1 Å². The molecule has 1 nitrogen and oxygen atoms in total. The average molecular weight is 417 g/mol. The number of rotatable bonds is 2. The molecule has 2 aromatic rings. The van der Waals surface area contributed by atoms with E-state index in [4.69, 9.17) is 16.3 Å². The second-order valence-electron chi connectivity index (χ2n) is 4.97. The highest BCUT2D eigenvalue weighted by Gasteiger charge is 2.24. The maximum absolute atomic E-state index is 6.24. The number of hydrogen-bond acceptors (Lipinski definition) is 1. The summed E-state index contributed by atoms with van der Waals surface area (Å²) in [4.78, 5) is 0.0577. The van der Waals surface area contributed by atoms with Gasteiger partial charge in [0, 0.05) is 21.5 Å². The highest BCUT2D eigenvalue weighted by atomic mass is 79.9. The molecule has 0 fully saturated rings. The highest BCUT2D eigenvalue weighted by Crippen LogP contribution is 2.44. The molecule has 0 bridgehead atoms. The summed E-state index contributed by atoms with van der Waals surface area (Å²) in [6.45, 7) is 2.83. The van der Waals surface area contributed by atoms with Crippen molar-refractivity contribution in [2.24, 2.45) is 0 Å². The van der Waals surface area contributed by atoms with Crippen molar-refractivity contribution in [1.82, 2.24) is 0 Å². The van der Waals surface area contributed by atoms with Gasteiger partial charge in [-0.1, -0.05) is 61.2 Å². The summed E-state index contributed by atoms with van der Waals surface area (Å²) < 4.78 is 6.87. The van der Waals surface area contributed by atoms with Gasteiger partial charge >= 0.3 is 0 Å². The molecule has 0 aliphatic carbocycles. The predicted octanol–water partition coefficient (Wildman–Crippen LogP) is 5.83. The van der Waals surface area contributed by atoms with E-state index in [0.29, 0.717) is 0 Å². The SMILES string of the molecule is Cc1ccc(Br)c(C(Br)c2cc(Cl)cc3c2OCC3)c1. The Balaban J connectivity index is 2.11. The molecule has 3 rings (SSSR count). The van der Waals surface area contributed by atoms with Crippen LogP contribution in [0.2, 0.25) is 5.02 Å². The molecule has 0 saturated heterocycles. The Morgan fingerprint density at radius 2 is 2.00 bits per heavy atom. The van der Waals surface area contributed by atoms with E-state index in [-0.39, 0.29) is 4.83 Å². The zero-order chi connectivity index (χ0) is 14.3. The van der Waals surface area contributed by atoms with Crippen LogP contribution in [0.1, 0.15) is 27.1 Å². The van der Waals surface area contributed by atoms with Crippen LogP contribution in [-0.2, 0) is 6.42 Å². The Bertz CT molecular complexity index is 670. The predicted molar refractivity (Wildman–Crippen MR) is 90.3 cm³/mol. The van der Waals surface area contributed by atoms with Crippen LogP contribution in [0.25, 0.3) is 0 Å². The van der Waals surface area contributed by atoms with Gasteiger partial charge in [0.05, 0.1) is 11.4 Å². The molecule has 0 aromatic heterocycles. The molecule has 0 radical (unpaired) electrons. The van der Waals surface area contributed by atoms with Crippen molar-refractivity contribution in [3.8, 4) is 5.75 Å². The van der Waals surface area contributed by atoms with E-state index in [1.165, 1.54) is 16.7 Å². The number of ether oxygens (including phenoxy) is 1. The number of halogens is 3. The van der Waals surface area contributed by atoms with Crippen molar-refractivity contribution in [2.75, 3.05) is 6.61 Å². The van der Waals surface area contributed by atoms with Crippen LogP contribution in [0.3, 0.4) is 0 Å². The monoisotopic (exact) mass is 414 g/mol. The first kappa shape index (κ1) is 14.4. The quantitative estimate of drug-likeness (QED) is 0.560. The van der Waals surface area contributed by atoms with E-state index >= 15 is 0 Å². The van der Waals surface area contributed by atoms with Crippen molar-refractivity contribution in [3.63, 3.8) is 0 Å². The number of alkyl halides is 1. The van der Waals surface area contributed by atoms with Crippen molar-refractivity contribution in [2.45, 2.75) is 18.2 Å². The number of benzene rings is 2. The minimum Gasteiger partial charge on any atom is -0.493 e. The topological polar surface area (TPSA) is 9.23 Å². The lowest BCUT2D eigenvalue weighted by atomic mass is 10.00. The zero-order valence-corrected chi connectivity index (χ0v) is 14.8. The van der Waals surface area contributed by atoms with Crippen LogP contribution < -0.4 is 4.74 Å². The maximum Gasteiger partial charge on any atom is 0.127 e. The Labute approximate surface area is 140 Å². The minimum atomic E-state index is 0.0577. The van der Waals surface area contributed by atoms with Gasteiger partial charge in [0.2, 0.25) is 0 Å². The molecular formula is C16H13Br2ClO. The van der Waals surface area contributed by atoms with Crippen molar-refractivity contribution < 1.29 is 4.74 Å². The van der Waals surface area contributed by atoms with Crippen LogP contribution in [0.15, 0.2) is 34.8 Å². The molecule has 0 saturated carbocycles. The molecule has 1 aliphatic rings. The van der Waals surface area contributed by atoms with E-state index in [1.54, 1.807) is 0 Å². The maximum atomic E-state index is 6.24. The van der Waals surface area contributed by atoms with E-state index < -0.39 is 0 Å². The number of aryl methyl sites for hydroxylation is 1. The summed E-state index contributed by atoms with van der Waals surface area (Å²) >= 11 is 13.7. The molecule has 1 atom stereocenters. The summed E-state index contributed by atoms with van der Waals surface area (Å²) in [5, 5.41) is 0.762. The largest absolute Gasteiger partial charge is 0.493 e. The number of fused-ring (bicyclic) bond motifs is 1. The molecular weight excluding hydrogens is 403 g/mol. The zero-order valence-electron chi connectivity index (χ0n) is 10.9. The second kappa shape index (κ2) is 5.70. The molecule has 4 heteroatoms. The summed E-state index contributed by atoms with van der Waals surface area (Å²) in [5.41, 5.74) is 4.70. The molecule has 104 valence electrons. The second-order valence-corrected chi connectivity index (χ2v) is 7.18. The third-order valence-corrected chi connectivity index (χ3v) is 5.40. The summed E-state index contributed by atoms with van der Waals surface area (Å²) in [7, 11) is 0. The van der Waals surface area contributed by atoms with Gasteiger partial charge < -0.3 is 4.74 Å². The van der Waals surface area contributed by atoms with Gasteiger partial charge in [-0.2, -0.15) is 0 Å². The summed E-state index contributed by atoms with van der Waals surface area (Å²) in [6.07, 6.45) is 0.928. The summed E-state index contributed by atoms with van der Waals surface area (Å²) in [6, 6.07) is 10.3. The third-order valence-electron chi connectivity index (χ3n) is 3.47. The van der Waals surface area contributed by atoms with Crippen molar-refractivity contribution in [1.29, 1.82) is 0 Å². The van der Waals surface area contributed by atoms with Gasteiger partial charge in [0.1, 0.15) is 5.75 Å².